The van der Waals surface area contributed by atoms with E-state index < -0.39 is 0 Å². The fourth-order valence-corrected chi connectivity index (χ4v) is 4.57. The van der Waals surface area contributed by atoms with Gasteiger partial charge in [0.25, 0.3) is 0 Å². The molecule has 0 radical (unpaired) electrons. The normalized spacial score (nSPS) is 35.0. The number of hydrogen-bond acceptors (Lipinski definition) is 2. The Morgan fingerprint density at radius 2 is 1.95 bits per heavy atom. The molecule has 19 heavy (non-hydrogen) atoms. The topological polar surface area (TPSA) is 32.3 Å². The molecule has 1 amide bonds. The SMILES string of the molecule is CNCCC1CCN(C(=O)C2CC3CCC2C3)CC1. The maximum Gasteiger partial charge on any atom is 0.225 e. The Bertz CT molecular complexity index is 323. The Kier molecular flexibility index (Phi) is 4.11. The molecule has 3 rings (SSSR count). The van der Waals surface area contributed by atoms with Crippen molar-refractivity contribution in [3.05, 3.63) is 0 Å². The van der Waals surface area contributed by atoms with Crippen LogP contribution >= 0.6 is 0 Å². The second-order valence-corrected chi connectivity index (χ2v) is 6.94. The third kappa shape index (κ3) is 2.81. The van der Waals surface area contributed by atoms with Crippen LogP contribution in [0.2, 0.25) is 0 Å². The van der Waals surface area contributed by atoms with E-state index in [1.165, 1.54) is 44.9 Å². The minimum Gasteiger partial charge on any atom is -0.342 e. The van der Waals surface area contributed by atoms with E-state index in [1.54, 1.807) is 0 Å². The molecule has 1 heterocycles. The van der Waals surface area contributed by atoms with Crippen molar-refractivity contribution in [2.75, 3.05) is 26.7 Å². The van der Waals surface area contributed by atoms with Gasteiger partial charge in [0.1, 0.15) is 0 Å². The molecule has 3 atom stereocenters. The molecule has 1 aliphatic heterocycles. The zero-order valence-electron chi connectivity index (χ0n) is 12.2. The van der Waals surface area contributed by atoms with Crippen LogP contribution in [0.1, 0.15) is 44.9 Å². The summed E-state index contributed by atoms with van der Waals surface area (Å²) in [5.74, 6) is 3.34. The third-order valence-electron chi connectivity index (χ3n) is 5.78. The van der Waals surface area contributed by atoms with E-state index in [9.17, 15) is 4.79 Å². The largest absolute Gasteiger partial charge is 0.342 e. The van der Waals surface area contributed by atoms with Gasteiger partial charge in [0.05, 0.1) is 0 Å². The van der Waals surface area contributed by atoms with Gasteiger partial charge in [-0.05, 0) is 69.9 Å². The van der Waals surface area contributed by atoms with Gasteiger partial charge < -0.3 is 10.2 Å². The maximum atomic E-state index is 12.6. The van der Waals surface area contributed by atoms with Crippen LogP contribution in [0.5, 0.6) is 0 Å². The van der Waals surface area contributed by atoms with E-state index in [1.807, 2.05) is 7.05 Å². The Balaban J connectivity index is 1.47. The average Bonchev–Trinajstić information content (AvgIpc) is 3.07. The van der Waals surface area contributed by atoms with Crippen molar-refractivity contribution < 1.29 is 4.79 Å². The molecule has 0 aromatic rings. The van der Waals surface area contributed by atoms with Gasteiger partial charge in [-0.3, -0.25) is 4.79 Å². The fourth-order valence-electron chi connectivity index (χ4n) is 4.57. The van der Waals surface area contributed by atoms with Gasteiger partial charge in [-0.25, -0.2) is 0 Å². The highest BCUT2D eigenvalue weighted by atomic mass is 16.2. The predicted octanol–water partition coefficient (Wildman–Crippen LogP) is 2.27. The Labute approximate surface area is 117 Å². The molecule has 3 unspecified atom stereocenters. The molecule has 2 saturated carbocycles. The molecule has 3 heteroatoms. The average molecular weight is 264 g/mol. The lowest BCUT2D eigenvalue weighted by Gasteiger charge is -2.35. The molecular weight excluding hydrogens is 236 g/mol. The summed E-state index contributed by atoms with van der Waals surface area (Å²) in [4.78, 5) is 14.8. The summed E-state index contributed by atoms with van der Waals surface area (Å²) >= 11 is 0. The first-order valence-corrected chi connectivity index (χ1v) is 8.21. The molecular formula is C16H28N2O. The maximum absolute atomic E-state index is 12.6. The van der Waals surface area contributed by atoms with E-state index in [2.05, 4.69) is 10.2 Å². The first-order valence-electron chi connectivity index (χ1n) is 8.21. The molecule has 3 fully saturated rings. The lowest BCUT2D eigenvalue weighted by Crippen LogP contribution is -2.43. The van der Waals surface area contributed by atoms with Crippen LogP contribution < -0.4 is 5.32 Å². The summed E-state index contributed by atoms with van der Waals surface area (Å²) < 4.78 is 0. The van der Waals surface area contributed by atoms with Gasteiger partial charge in [0, 0.05) is 19.0 Å². The molecule has 3 aliphatic rings. The summed E-state index contributed by atoms with van der Waals surface area (Å²) in [6, 6.07) is 0. The van der Waals surface area contributed by atoms with Crippen molar-refractivity contribution in [1.82, 2.24) is 10.2 Å². The highest BCUT2D eigenvalue weighted by molar-refractivity contribution is 5.79. The monoisotopic (exact) mass is 264 g/mol. The second kappa shape index (κ2) is 5.82. The Morgan fingerprint density at radius 3 is 2.53 bits per heavy atom. The van der Waals surface area contributed by atoms with E-state index in [0.29, 0.717) is 11.8 Å². The summed E-state index contributed by atoms with van der Waals surface area (Å²) in [5, 5.41) is 3.23. The van der Waals surface area contributed by atoms with Crippen LogP contribution in [0.3, 0.4) is 0 Å². The number of carbonyl (C=O) groups is 1. The van der Waals surface area contributed by atoms with Crippen LogP contribution in [0.25, 0.3) is 0 Å². The summed E-state index contributed by atoms with van der Waals surface area (Å²) in [6.07, 6.45) is 8.95. The zero-order valence-corrected chi connectivity index (χ0v) is 12.2. The van der Waals surface area contributed by atoms with Crippen molar-refractivity contribution in [2.45, 2.75) is 44.9 Å². The number of nitrogens with zero attached hydrogens (tertiary/aromatic N) is 1. The third-order valence-corrected chi connectivity index (χ3v) is 5.78. The van der Waals surface area contributed by atoms with Gasteiger partial charge in [0.2, 0.25) is 5.91 Å². The second-order valence-electron chi connectivity index (χ2n) is 6.94. The number of piperidine rings is 1. The summed E-state index contributed by atoms with van der Waals surface area (Å²) in [6.45, 7) is 3.15. The van der Waals surface area contributed by atoms with Gasteiger partial charge in [0.15, 0.2) is 0 Å². The van der Waals surface area contributed by atoms with Crippen molar-refractivity contribution >= 4 is 5.91 Å². The number of amides is 1. The first kappa shape index (κ1) is 13.4. The molecule has 0 aromatic carbocycles. The Hall–Kier alpha value is -0.570. The van der Waals surface area contributed by atoms with Crippen LogP contribution in [0, 0.1) is 23.7 Å². The van der Waals surface area contributed by atoms with Gasteiger partial charge in [-0.15, -0.1) is 0 Å². The van der Waals surface area contributed by atoms with E-state index in [4.69, 9.17) is 0 Å². The molecule has 3 nitrogen and oxygen atoms in total. The molecule has 1 N–H and O–H groups in total. The molecule has 2 aliphatic carbocycles. The number of nitrogens with one attached hydrogen (secondary N) is 1. The highest BCUT2D eigenvalue weighted by Gasteiger charge is 2.44. The highest BCUT2D eigenvalue weighted by Crippen LogP contribution is 2.49. The van der Waals surface area contributed by atoms with Crippen LogP contribution in [-0.4, -0.2) is 37.5 Å². The lowest BCUT2D eigenvalue weighted by atomic mass is 9.86. The lowest BCUT2D eigenvalue weighted by molar-refractivity contribution is -0.138. The van der Waals surface area contributed by atoms with Crippen molar-refractivity contribution in [3.63, 3.8) is 0 Å². The zero-order chi connectivity index (χ0) is 13.2. The Morgan fingerprint density at radius 1 is 1.16 bits per heavy atom. The summed E-state index contributed by atoms with van der Waals surface area (Å²) in [7, 11) is 2.02. The van der Waals surface area contributed by atoms with Crippen molar-refractivity contribution in [1.29, 1.82) is 0 Å². The summed E-state index contributed by atoms with van der Waals surface area (Å²) in [5.41, 5.74) is 0. The van der Waals surface area contributed by atoms with Gasteiger partial charge in [-0.2, -0.15) is 0 Å². The number of fused-ring (bicyclic) bond motifs is 2. The van der Waals surface area contributed by atoms with Gasteiger partial charge >= 0.3 is 0 Å². The van der Waals surface area contributed by atoms with Crippen molar-refractivity contribution in [3.8, 4) is 0 Å². The van der Waals surface area contributed by atoms with Crippen LogP contribution in [0.15, 0.2) is 0 Å². The van der Waals surface area contributed by atoms with E-state index >= 15 is 0 Å². The molecule has 2 bridgehead atoms. The molecule has 1 saturated heterocycles. The number of likely N-dealkylation sites (tertiary alicyclic amines) is 1. The molecule has 108 valence electrons. The minimum atomic E-state index is 0.396. The number of rotatable bonds is 4. The quantitative estimate of drug-likeness (QED) is 0.845. The van der Waals surface area contributed by atoms with Crippen LogP contribution in [-0.2, 0) is 4.79 Å². The minimum absolute atomic E-state index is 0.396. The van der Waals surface area contributed by atoms with E-state index in [0.717, 1.165) is 37.4 Å². The van der Waals surface area contributed by atoms with Crippen LogP contribution in [0.4, 0.5) is 0 Å². The number of carbonyl (C=O) groups excluding carboxylic acids is 1. The van der Waals surface area contributed by atoms with Crippen molar-refractivity contribution in [2.24, 2.45) is 23.7 Å². The standard InChI is InChI=1S/C16H28N2O/c1-17-7-4-12-5-8-18(9-6-12)16(19)15-11-13-2-3-14(15)10-13/h12-15,17H,2-11H2,1H3. The molecule has 0 aromatic heterocycles. The fraction of sp³-hybridized carbons (Fsp3) is 0.938. The van der Waals surface area contributed by atoms with E-state index in [-0.39, 0.29) is 0 Å². The molecule has 0 spiro atoms. The smallest absolute Gasteiger partial charge is 0.225 e. The number of hydrogen-bond donors (Lipinski definition) is 1. The predicted molar refractivity (Wildman–Crippen MR) is 76.8 cm³/mol. The first-order chi connectivity index (χ1) is 9.28. The van der Waals surface area contributed by atoms with Gasteiger partial charge in [-0.1, -0.05) is 6.42 Å².